The van der Waals surface area contributed by atoms with Gasteiger partial charge in [-0.05, 0) is 23.4 Å². The van der Waals surface area contributed by atoms with Crippen molar-refractivity contribution in [2.45, 2.75) is 31.2 Å². The van der Waals surface area contributed by atoms with E-state index in [1.54, 1.807) is 6.07 Å². The molecule has 7 nitrogen and oxygen atoms in total. The van der Waals surface area contributed by atoms with Gasteiger partial charge in [-0.2, -0.15) is 0 Å². The molecular weight excluding hydrogens is 438 g/mol. The van der Waals surface area contributed by atoms with Crippen LogP contribution in [0.4, 0.5) is 0 Å². The lowest BCUT2D eigenvalue weighted by molar-refractivity contribution is -0.0866. The van der Waals surface area contributed by atoms with E-state index in [0.29, 0.717) is 42.6 Å². The molecule has 2 aromatic carbocycles. The molecular formula is C25H27N3O4S. The van der Waals surface area contributed by atoms with Crippen molar-refractivity contribution in [3.63, 3.8) is 0 Å². The standard InChI is InChI=1S/C25H27N3O4S/c1-33-25-26-23-22(24(29)27-25)12-13-28(23)18-32-21(16-30-14-19-8-4-2-5-9-19)17-31-15-20-10-6-3-7-11-20/h2-13,21H,14-18H2,1H3,(H,26,27,29). The van der Waals surface area contributed by atoms with Crippen LogP contribution in [0.25, 0.3) is 11.0 Å². The molecule has 0 aliphatic heterocycles. The van der Waals surface area contributed by atoms with Gasteiger partial charge in [0.2, 0.25) is 0 Å². The number of ether oxygens (including phenoxy) is 3. The minimum atomic E-state index is -0.281. The van der Waals surface area contributed by atoms with E-state index in [4.69, 9.17) is 14.2 Å². The van der Waals surface area contributed by atoms with Gasteiger partial charge in [0.15, 0.2) is 5.16 Å². The lowest BCUT2D eigenvalue weighted by Crippen LogP contribution is -2.27. The van der Waals surface area contributed by atoms with Crippen molar-refractivity contribution in [3.05, 3.63) is 94.4 Å². The summed E-state index contributed by atoms with van der Waals surface area (Å²) in [6, 6.07) is 21.8. The maximum absolute atomic E-state index is 12.3. The largest absolute Gasteiger partial charge is 0.374 e. The summed E-state index contributed by atoms with van der Waals surface area (Å²) >= 11 is 1.39. The van der Waals surface area contributed by atoms with Gasteiger partial charge < -0.3 is 23.8 Å². The topological polar surface area (TPSA) is 78.4 Å². The van der Waals surface area contributed by atoms with Crippen molar-refractivity contribution >= 4 is 22.8 Å². The first-order chi connectivity index (χ1) is 16.2. The van der Waals surface area contributed by atoms with E-state index in [1.807, 2.05) is 77.7 Å². The molecule has 0 unspecified atom stereocenters. The predicted octanol–water partition coefficient (Wildman–Crippen LogP) is 4.22. The molecule has 0 fully saturated rings. The Hall–Kier alpha value is -2.91. The molecule has 0 atom stereocenters. The van der Waals surface area contributed by atoms with E-state index in [9.17, 15) is 4.79 Å². The van der Waals surface area contributed by atoms with E-state index in [1.165, 1.54) is 11.8 Å². The first kappa shape index (κ1) is 23.3. The summed E-state index contributed by atoms with van der Waals surface area (Å²) in [5, 5.41) is 1.11. The minimum Gasteiger partial charge on any atom is -0.374 e. The summed E-state index contributed by atoms with van der Waals surface area (Å²) in [6.07, 6.45) is 3.40. The quantitative estimate of drug-likeness (QED) is 0.249. The lowest BCUT2D eigenvalue weighted by atomic mass is 10.2. The molecule has 0 aliphatic rings. The number of nitrogens with zero attached hydrogens (tertiary/aromatic N) is 2. The van der Waals surface area contributed by atoms with Crippen LogP contribution in [0, 0.1) is 0 Å². The highest BCUT2D eigenvalue weighted by Gasteiger charge is 2.14. The fourth-order valence-corrected chi connectivity index (χ4v) is 3.72. The molecule has 0 saturated heterocycles. The fraction of sp³-hybridized carbons (Fsp3) is 0.280. The normalized spacial score (nSPS) is 11.5. The molecule has 33 heavy (non-hydrogen) atoms. The average molecular weight is 466 g/mol. The molecule has 0 spiro atoms. The zero-order valence-corrected chi connectivity index (χ0v) is 19.3. The van der Waals surface area contributed by atoms with Gasteiger partial charge in [0.25, 0.3) is 5.56 Å². The summed E-state index contributed by atoms with van der Waals surface area (Å²) < 4.78 is 19.8. The third-order valence-corrected chi connectivity index (χ3v) is 5.66. The summed E-state index contributed by atoms with van der Waals surface area (Å²) in [4.78, 5) is 19.6. The molecule has 172 valence electrons. The van der Waals surface area contributed by atoms with Crippen LogP contribution >= 0.6 is 11.8 Å². The van der Waals surface area contributed by atoms with Gasteiger partial charge in [-0.15, -0.1) is 0 Å². The van der Waals surface area contributed by atoms with Crippen molar-refractivity contribution in [1.29, 1.82) is 0 Å². The Bertz CT molecular complexity index is 1150. The number of hydrogen-bond donors (Lipinski definition) is 1. The van der Waals surface area contributed by atoms with Gasteiger partial charge in [0.05, 0.1) is 31.8 Å². The maximum atomic E-state index is 12.3. The molecule has 4 rings (SSSR count). The summed E-state index contributed by atoms with van der Waals surface area (Å²) in [6.45, 7) is 2.00. The fourth-order valence-electron chi connectivity index (χ4n) is 3.35. The van der Waals surface area contributed by atoms with Crippen LogP contribution in [-0.2, 0) is 34.2 Å². The van der Waals surface area contributed by atoms with E-state index in [2.05, 4.69) is 9.97 Å². The number of nitrogens with one attached hydrogen (secondary N) is 1. The number of hydrogen-bond acceptors (Lipinski definition) is 6. The molecule has 0 aliphatic carbocycles. The van der Waals surface area contributed by atoms with Gasteiger partial charge in [0, 0.05) is 6.20 Å². The van der Waals surface area contributed by atoms with E-state index in [-0.39, 0.29) is 18.4 Å². The van der Waals surface area contributed by atoms with Gasteiger partial charge in [-0.1, -0.05) is 72.4 Å². The van der Waals surface area contributed by atoms with E-state index in [0.717, 1.165) is 11.1 Å². The second kappa shape index (κ2) is 11.8. The van der Waals surface area contributed by atoms with Crippen LogP contribution in [0.5, 0.6) is 0 Å². The molecule has 4 aromatic rings. The Labute approximate surface area is 196 Å². The number of aromatic nitrogens is 3. The molecule has 0 amide bonds. The smallest absolute Gasteiger partial charge is 0.261 e. The molecule has 8 heteroatoms. The lowest BCUT2D eigenvalue weighted by Gasteiger charge is -2.19. The van der Waals surface area contributed by atoms with Crippen molar-refractivity contribution in [2.24, 2.45) is 0 Å². The molecule has 2 aromatic heterocycles. The average Bonchev–Trinajstić information content (AvgIpc) is 3.27. The van der Waals surface area contributed by atoms with E-state index >= 15 is 0 Å². The van der Waals surface area contributed by atoms with E-state index < -0.39 is 0 Å². The van der Waals surface area contributed by atoms with Gasteiger partial charge in [-0.3, -0.25) is 4.79 Å². The summed E-state index contributed by atoms with van der Waals surface area (Å²) in [7, 11) is 0. The molecule has 0 radical (unpaired) electrons. The van der Waals surface area contributed by atoms with Crippen LogP contribution in [0.15, 0.2) is 82.9 Å². The zero-order valence-electron chi connectivity index (χ0n) is 18.5. The number of H-pyrrole nitrogens is 1. The maximum Gasteiger partial charge on any atom is 0.261 e. The Kier molecular flexibility index (Phi) is 8.32. The first-order valence-electron chi connectivity index (χ1n) is 10.7. The highest BCUT2D eigenvalue weighted by atomic mass is 32.2. The van der Waals surface area contributed by atoms with Crippen molar-refractivity contribution in [1.82, 2.24) is 14.5 Å². The molecule has 0 saturated carbocycles. The minimum absolute atomic E-state index is 0.156. The predicted molar refractivity (Wildman–Crippen MR) is 129 cm³/mol. The Morgan fingerprint density at radius 2 is 1.55 bits per heavy atom. The van der Waals surface area contributed by atoms with Crippen LogP contribution < -0.4 is 5.56 Å². The monoisotopic (exact) mass is 465 g/mol. The van der Waals surface area contributed by atoms with Crippen molar-refractivity contribution in [3.8, 4) is 0 Å². The van der Waals surface area contributed by atoms with Gasteiger partial charge >= 0.3 is 0 Å². The van der Waals surface area contributed by atoms with Gasteiger partial charge in [-0.25, -0.2) is 4.98 Å². The molecule has 2 heterocycles. The van der Waals surface area contributed by atoms with Crippen LogP contribution in [0.3, 0.4) is 0 Å². The number of aromatic amines is 1. The zero-order chi connectivity index (χ0) is 22.9. The SMILES string of the molecule is CSc1nc2c(ccn2COC(COCc2ccccc2)COCc2ccccc2)c(=O)[nH]1. The number of fused-ring (bicyclic) bond motifs is 1. The molecule has 0 bridgehead atoms. The second-order valence-corrected chi connectivity index (χ2v) is 8.31. The van der Waals surface area contributed by atoms with Crippen LogP contribution in [0.1, 0.15) is 11.1 Å². The summed E-state index contributed by atoms with van der Waals surface area (Å²) in [5.74, 6) is 0. The Balaban J connectivity index is 1.39. The Morgan fingerprint density at radius 1 is 0.939 bits per heavy atom. The van der Waals surface area contributed by atoms with Gasteiger partial charge in [0.1, 0.15) is 18.5 Å². The van der Waals surface area contributed by atoms with Crippen LogP contribution in [0.2, 0.25) is 0 Å². The highest BCUT2D eigenvalue weighted by Crippen LogP contribution is 2.14. The summed E-state index contributed by atoms with van der Waals surface area (Å²) in [5.41, 5.74) is 2.64. The van der Waals surface area contributed by atoms with Crippen molar-refractivity contribution in [2.75, 3.05) is 19.5 Å². The number of rotatable bonds is 12. The number of thioether (sulfide) groups is 1. The second-order valence-electron chi connectivity index (χ2n) is 7.52. The molecule has 1 N–H and O–H groups in total. The number of benzene rings is 2. The third-order valence-electron chi connectivity index (χ3n) is 5.08. The Morgan fingerprint density at radius 3 is 2.12 bits per heavy atom. The first-order valence-corrected chi connectivity index (χ1v) is 11.9. The van der Waals surface area contributed by atoms with Crippen LogP contribution in [-0.4, -0.2) is 40.1 Å². The third kappa shape index (κ3) is 6.55. The highest BCUT2D eigenvalue weighted by molar-refractivity contribution is 7.98. The van der Waals surface area contributed by atoms with Crippen molar-refractivity contribution < 1.29 is 14.2 Å².